The summed E-state index contributed by atoms with van der Waals surface area (Å²) >= 11 is 0. The molecule has 0 fully saturated rings. The molecule has 0 atom stereocenters. The summed E-state index contributed by atoms with van der Waals surface area (Å²) in [6.45, 7) is 1.40. The fourth-order valence-corrected chi connectivity index (χ4v) is 1.00. The quantitative estimate of drug-likeness (QED) is 0.450. The first-order valence-electron chi connectivity index (χ1n) is 4.33. The molecule has 14 heavy (non-hydrogen) atoms. The highest BCUT2D eigenvalue weighted by molar-refractivity contribution is 5.88. The van der Waals surface area contributed by atoms with Crippen molar-refractivity contribution in [3.63, 3.8) is 0 Å². The van der Waals surface area contributed by atoms with Crippen molar-refractivity contribution in [3.8, 4) is 0 Å². The van der Waals surface area contributed by atoms with Crippen LogP contribution in [0.4, 0.5) is 0 Å². The minimum atomic E-state index is -0.166. The molecule has 0 amide bonds. The van der Waals surface area contributed by atoms with Gasteiger partial charge in [0.2, 0.25) is 0 Å². The van der Waals surface area contributed by atoms with Gasteiger partial charge in [0.1, 0.15) is 5.76 Å². The number of carbonyl (C=O) groups is 1. The van der Waals surface area contributed by atoms with E-state index in [0.717, 1.165) is 5.56 Å². The van der Waals surface area contributed by atoms with E-state index in [-0.39, 0.29) is 11.5 Å². The Labute approximate surface area is 83.2 Å². The molecule has 2 nitrogen and oxygen atoms in total. The van der Waals surface area contributed by atoms with Crippen LogP contribution in [-0.2, 0) is 4.79 Å². The lowest BCUT2D eigenvalue weighted by molar-refractivity contribution is -0.112. The van der Waals surface area contributed by atoms with Gasteiger partial charge in [0.05, 0.1) is 0 Å². The fraction of sp³-hybridized carbons (Fsp3) is 0.0833. The molecule has 0 bridgehead atoms. The van der Waals surface area contributed by atoms with E-state index in [2.05, 4.69) is 0 Å². The minimum absolute atomic E-state index is 0.0265. The van der Waals surface area contributed by atoms with Crippen molar-refractivity contribution in [2.45, 2.75) is 6.92 Å². The number of hydrogen-bond acceptors (Lipinski definition) is 2. The fourth-order valence-electron chi connectivity index (χ4n) is 1.00. The Hall–Kier alpha value is -1.83. The largest absolute Gasteiger partial charge is 0.508 e. The Bertz CT molecular complexity index is 361. The van der Waals surface area contributed by atoms with Gasteiger partial charge in [0.25, 0.3) is 0 Å². The Balaban J connectivity index is 2.70. The topological polar surface area (TPSA) is 37.3 Å². The van der Waals surface area contributed by atoms with Crippen LogP contribution in [0, 0.1) is 0 Å². The standard InChI is InChI=1S/C12H12O2/c1-10(13)9-12(14)8-7-11-5-3-2-4-6-11/h2-9,14H,1H3/b8-7+,12-9+. The normalized spacial score (nSPS) is 11.9. The number of carbonyl (C=O) groups excluding carboxylic acids is 1. The van der Waals surface area contributed by atoms with Crippen molar-refractivity contribution in [3.05, 3.63) is 53.8 Å². The molecular weight excluding hydrogens is 176 g/mol. The van der Waals surface area contributed by atoms with Crippen LogP contribution in [0.25, 0.3) is 6.08 Å². The number of hydrogen-bond donors (Lipinski definition) is 1. The molecule has 2 heteroatoms. The van der Waals surface area contributed by atoms with Crippen LogP contribution in [0.3, 0.4) is 0 Å². The van der Waals surface area contributed by atoms with Crippen molar-refractivity contribution >= 4 is 11.9 Å². The van der Waals surface area contributed by atoms with Gasteiger partial charge in [-0.3, -0.25) is 4.79 Å². The summed E-state index contributed by atoms with van der Waals surface area (Å²) in [6, 6.07) is 9.56. The minimum Gasteiger partial charge on any atom is -0.508 e. The van der Waals surface area contributed by atoms with E-state index in [0.29, 0.717) is 0 Å². The maximum absolute atomic E-state index is 10.6. The van der Waals surface area contributed by atoms with Crippen LogP contribution in [0.5, 0.6) is 0 Å². The van der Waals surface area contributed by atoms with Crippen LogP contribution in [0.15, 0.2) is 48.2 Å². The first-order chi connectivity index (χ1) is 6.68. The highest BCUT2D eigenvalue weighted by Gasteiger charge is 1.89. The molecule has 1 rings (SSSR count). The zero-order valence-corrected chi connectivity index (χ0v) is 7.97. The molecule has 0 radical (unpaired) electrons. The number of allylic oxidation sites excluding steroid dienone is 2. The highest BCUT2D eigenvalue weighted by atomic mass is 16.3. The molecule has 0 saturated heterocycles. The van der Waals surface area contributed by atoms with Crippen molar-refractivity contribution in [2.75, 3.05) is 0 Å². The van der Waals surface area contributed by atoms with Crippen molar-refractivity contribution in [2.24, 2.45) is 0 Å². The molecule has 0 heterocycles. The molecule has 0 aliphatic carbocycles. The Morgan fingerprint density at radius 1 is 1.29 bits per heavy atom. The van der Waals surface area contributed by atoms with Gasteiger partial charge in [0.15, 0.2) is 5.78 Å². The summed E-state index contributed by atoms with van der Waals surface area (Å²) in [5.74, 6) is -0.193. The predicted octanol–water partition coefficient (Wildman–Crippen LogP) is 2.73. The molecule has 0 saturated carbocycles. The molecule has 0 aromatic heterocycles. The van der Waals surface area contributed by atoms with E-state index in [1.54, 1.807) is 6.08 Å². The SMILES string of the molecule is CC(=O)/C=C(O)\C=C\c1ccccc1. The van der Waals surface area contributed by atoms with E-state index in [4.69, 9.17) is 0 Å². The molecule has 0 spiro atoms. The summed E-state index contributed by atoms with van der Waals surface area (Å²) in [4.78, 5) is 10.6. The smallest absolute Gasteiger partial charge is 0.156 e. The van der Waals surface area contributed by atoms with E-state index < -0.39 is 0 Å². The first kappa shape index (κ1) is 10.3. The second-order valence-electron chi connectivity index (χ2n) is 2.92. The lowest BCUT2D eigenvalue weighted by atomic mass is 10.2. The molecule has 1 aromatic rings. The van der Waals surface area contributed by atoms with E-state index in [1.807, 2.05) is 30.3 Å². The second kappa shape index (κ2) is 5.02. The Morgan fingerprint density at radius 3 is 2.50 bits per heavy atom. The van der Waals surface area contributed by atoms with Crippen LogP contribution >= 0.6 is 0 Å². The molecule has 72 valence electrons. The van der Waals surface area contributed by atoms with E-state index >= 15 is 0 Å². The number of benzene rings is 1. The van der Waals surface area contributed by atoms with Gasteiger partial charge in [-0.15, -0.1) is 0 Å². The third-order valence-corrected chi connectivity index (χ3v) is 1.60. The Kier molecular flexibility index (Phi) is 3.68. The molecule has 1 aromatic carbocycles. The van der Waals surface area contributed by atoms with Crippen LogP contribution < -0.4 is 0 Å². The van der Waals surface area contributed by atoms with Crippen LogP contribution in [0.2, 0.25) is 0 Å². The number of aliphatic hydroxyl groups is 1. The summed E-state index contributed by atoms with van der Waals surface area (Å²) in [5.41, 5.74) is 0.982. The van der Waals surface area contributed by atoms with E-state index in [9.17, 15) is 9.90 Å². The number of rotatable bonds is 3. The van der Waals surface area contributed by atoms with Gasteiger partial charge < -0.3 is 5.11 Å². The Morgan fingerprint density at radius 2 is 1.93 bits per heavy atom. The third-order valence-electron chi connectivity index (χ3n) is 1.60. The first-order valence-corrected chi connectivity index (χ1v) is 4.33. The molecular formula is C12H12O2. The van der Waals surface area contributed by atoms with Gasteiger partial charge in [-0.25, -0.2) is 0 Å². The van der Waals surface area contributed by atoms with Crippen LogP contribution in [-0.4, -0.2) is 10.9 Å². The molecule has 0 aliphatic heterocycles. The average Bonchev–Trinajstić information content (AvgIpc) is 2.15. The summed E-state index contributed by atoms with van der Waals surface area (Å²) in [6.07, 6.45) is 4.42. The molecule has 0 aliphatic rings. The van der Waals surface area contributed by atoms with Gasteiger partial charge in [-0.1, -0.05) is 36.4 Å². The van der Waals surface area contributed by atoms with Gasteiger partial charge in [-0.05, 0) is 18.6 Å². The average molecular weight is 188 g/mol. The van der Waals surface area contributed by atoms with Gasteiger partial charge >= 0.3 is 0 Å². The number of aliphatic hydroxyl groups excluding tert-OH is 1. The van der Waals surface area contributed by atoms with Gasteiger partial charge in [0, 0.05) is 6.08 Å². The van der Waals surface area contributed by atoms with Crippen LogP contribution in [0.1, 0.15) is 12.5 Å². The summed E-state index contributed by atoms with van der Waals surface area (Å²) in [7, 11) is 0. The zero-order valence-electron chi connectivity index (χ0n) is 7.97. The van der Waals surface area contributed by atoms with Gasteiger partial charge in [-0.2, -0.15) is 0 Å². The van der Waals surface area contributed by atoms with Crippen molar-refractivity contribution in [1.29, 1.82) is 0 Å². The number of ketones is 1. The maximum Gasteiger partial charge on any atom is 0.156 e. The summed E-state index contributed by atoms with van der Waals surface area (Å²) < 4.78 is 0. The monoisotopic (exact) mass is 188 g/mol. The van der Waals surface area contributed by atoms with Crippen molar-refractivity contribution < 1.29 is 9.90 Å². The second-order valence-corrected chi connectivity index (χ2v) is 2.92. The van der Waals surface area contributed by atoms with Crippen molar-refractivity contribution in [1.82, 2.24) is 0 Å². The molecule has 0 unspecified atom stereocenters. The summed E-state index contributed by atoms with van der Waals surface area (Å²) in [5, 5.41) is 9.23. The highest BCUT2D eigenvalue weighted by Crippen LogP contribution is 2.03. The third kappa shape index (κ3) is 3.72. The predicted molar refractivity (Wildman–Crippen MR) is 56.9 cm³/mol. The lowest BCUT2D eigenvalue weighted by Gasteiger charge is -1.91. The molecule has 1 N–H and O–H groups in total. The zero-order chi connectivity index (χ0) is 10.4. The lowest BCUT2D eigenvalue weighted by Crippen LogP contribution is -1.84. The van der Waals surface area contributed by atoms with E-state index in [1.165, 1.54) is 19.1 Å². The maximum atomic E-state index is 10.6.